The molecule has 0 bridgehead atoms. The fraction of sp³-hybridized carbons (Fsp3) is 0.400. The second-order valence-electron chi connectivity index (χ2n) is 4.88. The van der Waals surface area contributed by atoms with E-state index in [1.807, 2.05) is 7.05 Å². The number of hydrogen-bond acceptors (Lipinski definition) is 3. The lowest BCUT2D eigenvalue weighted by Crippen LogP contribution is -2.12. The smallest absolute Gasteiger partial charge is 0.0707 e. The average molecular weight is 243 g/mol. The van der Waals surface area contributed by atoms with Crippen LogP contribution >= 0.6 is 0 Å². The van der Waals surface area contributed by atoms with Crippen molar-refractivity contribution in [2.45, 2.75) is 13.3 Å². The van der Waals surface area contributed by atoms with Crippen molar-refractivity contribution in [2.75, 3.05) is 32.6 Å². The van der Waals surface area contributed by atoms with Gasteiger partial charge >= 0.3 is 0 Å². The Morgan fingerprint density at radius 3 is 2.67 bits per heavy atom. The molecule has 0 aliphatic rings. The van der Waals surface area contributed by atoms with E-state index in [2.05, 4.69) is 55.5 Å². The number of nitrogens with zero attached hydrogens (tertiary/aromatic N) is 2. The Balaban J connectivity index is 2.43. The van der Waals surface area contributed by atoms with Crippen LogP contribution in [0.4, 0.5) is 5.69 Å². The lowest BCUT2D eigenvalue weighted by Gasteiger charge is -2.14. The lowest BCUT2D eigenvalue weighted by molar-refractivity contribution is 0.775. The summed E-state index contributed by atoms with van der Waals surface area (Å²) in [7, 11) is 6.09. The third-order valence-electron chi connectivity index (χ3n) is 3.22. The zero-order valence-electron chi connectivity index (χ0n) is 11.6. The quantitative estimate of drug-likeness (QED) is 0.893. The summed E-state index contributed by atoms with van der Waals surface area (Å²) in [5.41, 5.74) is 4.76. The molecule has 0 aliphatic carbocycles. The van der Waals surface area contributed by atoms with Gasteiger partial charge in [-0.25, -0.2) is 0 Å². The van der Waals surface area contributed by atoms with Gasteiger partial charge in [-0.05, 0) is 43.8 Å². The third kappa shape index (κ3) is 2.62. The van der Waals surface area contributed by atoms with Crippen LogP contribution < -0.4 is 10.2 Å². The van der Waals surface area contributed by atoms with Gasteiger partial charge in [-0.15, -0.1) is 0 Å². The number of fused-ring (bicyclic) bond motifs is 1. The lowest BCUT2D eigenvalue weighted by atomic mass is 10.1. The molecule has 0 saturated carbocycles. The number of pyridine rings is 1. The van der Waals surface area contributed by atoms with Gasteiger partial charge in [0.15, 0.2) is 0 Å². The molecule has 0 unspecified atom stereocenters. The number of nitrogens with one attached hydrogen (secondary N) is 1. The van der Waals surface area contributed by atoms with Crippen molar-refractivity contribution < 1.29 is 0 Å². The van der Waals surface area contributed by atoms with Crippen LogP contribution in [0.3, 0.4) is 0 Å². The molecule has 0 radical (unpaired) electrons. The van der Waals surface area contributed by atoms with Crippen molar-refractivity contribution >= 4 is 16.6 Å². The Hall–Kier alpha value is -1.61. The number of aryl methyl sites for hydroxylation is 1. The molecule has 3 heteroatoms. The van der Waals surface area contributed by atoms with Gasteiger partial charge in [0.25, 0.3) is 0 Å². The van der Waals surface area contributed by atoms with E-state index in [-0.39, 0.29) is 0 Å². The molecule has 1 heterocycles. The van der Waals surface area contributed by atoms with Crippen LogP contribution in [-0.4, -0.2) is 32.7 Å². The molecule has 0 fully saturated rings. The highest BCUT2D eigenvalue weighted by Gasteiger charge is 2.04. The van der Waals surface area contributed by atoms with Crippen LogP contribution in [0.25, 0.3) is 10.9 Å². The van der Waals surface area contributed by atoms with Crippen molar-refractivity contribution in [1.82, 2.24) is 10.3 Å². The highest BCUT2D eigenvalue weighted by Crippen LogP contribution is 2.22. The predicted octanol–water partition coefficient (Wildman–Crippen LogP) is 2.37. The molecule has 1 aromatic carbocycles. The van der Waals surface area contributed by atoms with Crippen LogP contribution in [0.15, 0.2) is 24.3 Å². The molecular formula is C15H21N3. The monoisotopic (exact) mass is 243 g/mol. The molecule has 18 heavy (non-hydrogen) atoms. The largest absolute Gasteiger partial charge is 0.378 e. The van der Waals surface area contributed by atoms with Crippen molar-refractivity contribution in [2.24, 2.45) is 0 Å². The summed E-state index contributed by atoms with van der Waals surface area (Å²) >= 11 is 0. The molecule has 3 nitrogen and oxygen atoms in total. The molecule has 0 saturated heterocycles. The molecular weight excluding hydrogens is 222 g/mol. The second-order valence-corrected chi connectivity index (χ2v) is 4.88. The fourth-order valence-corrected chi connectivity index (χ4v) is 2.08. The Morgan fingerprint density at radius 1 is 1.22 bits per heavy atom. The van der Waals surface area contributed by atoms with Gasteiger partial charge in [-0.3, -0.25) is 4.98 Å². The first-order valence-corrected chi connectivity index (χ1v) is 6.34. The Labute approximate surface area is 109 Å². The van der Waals surface area contributed by atoms with Crippen LogP contribution in [0.5, 0.6) is 0 Å². The third-order valence-corrected chi connectivity index (χ3v) is 3.22. The van der Waals surface area contributed by atoms with Gasteiger partial charge in [0.1, 0.15) is 0 Å². The molecule has 1 aromatic heterocycles. The van der Waals surface area contributed by atoms with Crippen molar-refractivity contribution in [3.8, 4) is 0 Å². The Kier molecular flexibility index (Phi) is 3.82. The van der Waals surface area contributed by atoms with Crippen LogP contribution in [0.1, 0.15) is 11.3 Å². The topological polar surface area (TPSA) is 28.2 Å². The van der Waals surface area contributed by atoms with Gasteiger partial charge in [0, 0.05) is 43.8 Å². The zero-order chi connectivity index (χ0) is 13.1. The first-order valence-electron chi connectivity index (χ1n) is 6.34. The minimum Gasteiger partial charge on any atom is -0.378 e. The molecule has 2 rings (SSSR count). The number of aromatic nitrogens is 1. The van der Waals surface area contributed by atoms with Crippen LogP contribution in [0, 0.1) is 6.92 Å². The predicted molar refractivity (Wildman–Crippen MR) is 78.4 cm³/mol. The molecule has 1 N–H and O–H groups in total. The highest BCUT2D eigenvalue weighted by atomic mass is 15.1. The normalized spacial score (nSPS) is 10.9. The molecule has 0 atom stereocenters. The van der Waals surface area contributed by atoms with E-state index in [1.54, 1.807) is 0 Å². The summed E-state index contributed by atoms with van der Waals surface area (Å²) in [5, 5.41) is 4.38. The van der Waals surface area contributed by atoms with E-state index in [0.29, 0.717) is 0 Å². The van der Waals surface area contributed by atoms with Crippen LogP contribution in [0.2, 0.25) is 0 Å². The summed E-state index contributed by atoms with van der Waals surface area (Å²) in [4.78, 5) is 6.87. The SMILES string of the molecule is CNCCc1nc2ccc(N(C)C)cc2cc1C. The van der Waals surface area contributed by atoms with E-state index < -0.39 is 0 Å². The number of likely N-dealkylation sites (N-methyl/N-ethyl adjacent to an activating group) is 1. The minimum absolute atomic E-state index is 0.967. The van der Waals surface area contributed by atoms with Gasteiger partial charge in [0.05, 0.1) is 5.52 Å². The number of hydrogen-bond donors (Lipinski definition) is 1. The van der Waals surface area contributed by atoms with E-state index in [0.717, 1.165) is 18.5 Å². The first kappa shape index (κ1) is 12.8. The number of benzene rings is 1. The summed E-state index contributed by atoms with van der Waals surface area (Å²) in [6, 6.07) is 8.65. The first-order chi connectivity index (χ1) is 8.61. The summed E-state index contributed by atoms with van der Waals surface area (Å²) in [6.45, 7) is 3.11. The standard InChI is InChI=1S/C15H21N3/c1-11-9-12-10-13(18(3)4)5-6-15(12)17-14(11)7-8-16-2/h5-6,9-10,16H,7-8H2,1-4H3. The van der Waals surface area contributed by atoms with E-state index in [9.17, 15) is 0 Å². The summed E-state index contributed by atoms with van der Waals surface area (Å²) in [6.07, 6.45) is 0.980. The molecule has 0 spiro atoms. The molecule has 0 aliphatic heterocycles. The molecule has 0 amide bonds. The minimum atomic E-state index is 0.967. The molecule has 96 valence electrons. The van der Waals surface area contributed by atoms with E-state index in [4.69, 9.17) is 4.98 Å². The van der Waals surface area contributed by atoms with E-state index in [1.165, 1.54) is 22.3 Å². The molecule has 2 aromatic rings. The van der Waals surface area contributed by atoms with Gasteiger partial charge < -0.3 is 10.2 Å². The van der Waals surface area contributed by atoms with Crippen molar-refractivity contribution in [3.63, 3.8) is 0 Å². The Morgan fingerprint density at radius 2 is 2.00 bits per heavy atom. The number of anilines is 1. The zero-order valence-corrected chi connectivity index (χ0v) is 11.6. The van der Waals surface area contributed by atoms with Gasteiger partial charge in [-0.1, -0.05) is 0 Å². The number of rotatable bonds is 4. The highest BCUT2D eigenvalue weighted by molar-refractivity contribution is 5.83. The fourth-order valence-electron chi connectivity index (χ4n) is 2.08. The average Bonchev–Trinajstić information content (AvgIpc) is 2.35. The van der Waals surface area contributed by atoms with Crippen molar-refractivity contribution in [1.29, 1.82) is 0 Å². The maximum absolute atomic E-state index is 4.75. The Bertz CT molecular complexity index is 547. The maximum Gasteiger partial charge on any atom is 0.0707 e. The van der Waals surface area contributed by atoms with Crippen LogP contribution in [-0.2, 0) is 6.42 Å². The van der Waals surface area contributed by atoms with Gasteiger partial charge in [0.2, 0.25) is 0 Å². The van der Waals surface area contributed by atoms with Gasteiger partial charge in [-0.2, -0.15) is 0 Å². The maximum atomic E-state index is 4.75. The summed E-state index contributed by atoms with van der Waals surface area (Å²) in [5.74, 6) is 0. The second kappa shape index (κ2) is 5.36. The van der Waals surface area contributed by atoms with Crippen molar-refractivity contribution in [3.05, 3.63) is 35.5 Å². The summed E-state index contributed by atoms with van der Waals surface area (Å²) < 4.78 is 0. The van der Waals surface area contributed by atoms with E-state index >= 15 is 0 Å².